The number of amides is 3. The van der Waals surface area contributed by atoms with Crippen LogP contribution in [0, 0.1) is 0 Å². The number of aromatic nitrogens is 1. The highest BCUT2D eigenvalue weighted by atomic mass is 32.1. The highest BCUT2D eigenvalue weighted by Gasteiger charge is 2.23. The van der Waals surface area contributed by atoms with E-state index in [1.54, 1.807) is 6.08 Å². The summed E-state index contributed by atoms with van der Waals surface area (Å²) in [7, 11) is 0. The van der Waals surface area contributed by atoms with Gasteiger partial charge in [0.15, 0.2) is 0 Å². The Bertz CT molecular complexity index is 1090. The number of thiazole rings is 1. The Kier molecular flexibility index (Phi) is 5.36. The van der Waals surface area contributed by atoms with Gasteiger partial charge in [0.1, 0.15) is 10.5 Å². The summed E-state index contributed by atoms with van der Waals surface area (Å²) >= 11 is 2.85. The van der Waals surface area contributed by atoms with Crippen molar-refractivity contribution in [2.45, 2.75) is 13.8 Å². The van der Waals surface area contributed by atoms with Crippen molar-refractivity contribution in [3.05, 3.63) is 40.9 Å². The molecule has 8 nitrogen and oxygen atoms in total. The molecule has 0 aliphatic carbocycles. The van der Waals surface area contributed by atoms with Gasteiger partial charge in [0.05, 0.1) is 10.4 Å². The van der Waals surface area contributed by atoms with Crippen molar-refractivity contribution in [1.29, 1.82) is 0 Å². The minimum atomic E-state index is -0.509. The molecule has 1 saturated heterocycles. The lowest BCUT2D eigenvalue weighted by atomic mass is 10.2. The number of carbonyl (C=O) groups excluding carboxylic acids is 2. The number of rotatable bonds is 6. The number of fused-ring (bicyclic) bond motifs is 1. The van der Waals surface area contributed by atoms with E-state index in [4.69, 9.17) is 0 Å². The largest absolute Gasteiger partial charge is 0.372 e. The van der Waals surface area contributed by atoms with Crippen LogP contribution in [0.1, 0.15) is 18.7 Å². The van der Waals surface area contributed by atoms with Crippen LogP contribution in [0.2, 0.25) is 0 Å². The zero-order valence-electron chi connectivity index (χ0n) is 15.8. The maximum atomic E-state index is 11.6. The van der Waals surface area contributed by atoms with Gasteiger partial charge >= 0.3 is 6.03 Å². The average molecular weight is 427 g/mol. The zero-order valence-corrected chi connectivity index (χ0v) is 17.4. The fraction of sp³-hybridized carbons (Fsp3) is 0.211. The molecular weight excluding hydrogens is 408 g/mol. The third-order valence-electron chi connectivity index (χ3n) is 4.33. The van der Waals surface area contributed by atoms with Gasteiger partial charge in [-0.15, -0.1) is 21.6 Å². The molecule has 0 unspecified atom stereocenters. The Hall–Kier alpha value is -3.11. The van der Waals surface area contributed by atoms with Gasteiger partial charge in [-0.05, 0) is 50.3 Å². The van der Waals surface area contributed by atoms with Crippen LogP contribution in [0.5, 0.6) is 0 Å². The van der Waals surface area contributed by atoms with Crippen molar-refractivity contribution in [3.8, 4) is 0 Å². The number of hydrogen-bond donors (Lipinski definition) is 2. The van der Waals surface area contributed by atoms with Gasteiger partial charge in [0.2, 0.25) is 5.13 Å². The number of thiophene rings is 1. The molecule has 3 heterocycles. The molecule has 1 fully saturated rings. The Labute approximate surface area is 175 Å². The molecule has 0 bridgehead atoms. The molecule has 10 heteroatoms. The number of nitrogens with zero attached hydrogens (tertiary/aromatic N) is 4. The molecule has 1 aromatic carbocycles. The fourth-order valence-electron chi connectivity index (χ4n) is 2.90. The second-order valence-corrected chi connectivity index (χ2v) is 8.24. The standard InChI is InChI=1S/C19H18N6O2S2/c1-3-25(4-2)12-7-5-11(6-8-12)23-24-19-22-17-15(29-19)10-13(28-17)9-14-16(26)21-18(27)20-14/h5-10H,3-4H2,1-2H3,(H2,20,21,26,27)/b14-9-,24-23+. The van der Waals surface area contributed by atoms with E-state index in [0.29, 0.717) is 5.13 Å². The molecule has 148 valence electrons. The number of urea groups is 1. The lowest BCUT2D eigenvalue weighted by Crippen LogP contribution is -2.22. The van der Waals surface area contributed by atoms with Crippen LogP contribution in [-0.2, 0) is 4.79 Å². The maximum Gasteiger partial charge on any atom is 0.326 e. The summed E-state index contributed by atoms with van der Waals surface area (Å²) in [5.74, 6) is -0.429. The molecule has 29 heavy (non-hydrogen) atoms. The molecular formula is C19H18N6O2S2. The normalized spacial score (nSPS) is 15.4. The Morgan fingerprint density at radius 2 is 1.83 bits per heavy atom. The van der Waals surface area contributed by atoms with Crippen LogP contribution in [0.25, 0.3) is 15.6 Å². The predicted molar refractivity (Wildman–Crippen MR) is 116 cm³/mol. The Morgan fingerprint density at radius 1 is 1.07 bits per heavy atom. The number of nitrogens with one attached hydrogen (secondary N) is 2. The summed E-state index contributed by atoms with van der Waals surface area (Å²) in [6.07, 6.45) is 1.64. The second kappa shape index (κ2) is 8.10. The van der Waals surface area contributed by atoms with Crippen LogP contribution < -0.4 is 15.5 Å². The summed E-state index contributed by atoms with van der Waals surface area (Å²) in [6.45, 7) is 6.18. The van der Waals surface area contributed by atoms with Crippen molar-refractivity contribution in [1.82, 2.24) is 15.6 Å². The van der Waals surface area contributed by atoms with Gasteiger partial charge in [-0.2, -0.15) is 0 Å². The molecule has 1 aliphatic rings. The van der Waals surface area contributed by atoms with Crippen LogP contribution in [0.4, 0.5) is 21.3 Å². The SMILES string of the molecule is CCN(CC)c1ccc(/N=N/c2nc3sc(/C=C4\NC(=O)NC4=O)cc3s2)cc1. The highest BCUT2D eigenvalue weighted by Crippen LogP contribution is 2.35. The number of benzene rings is 1. The smallest absolute Gasteiger partial charge is 0.326 e. The predicted octanol–water partition coefficient (Wildman–Crippen LogP) is 4.80. The lowest BCUT2D eigenvalue weighted by Gasteiger charge is -2.20. The van der Waals surface area contributed by atoms with Crippen molar-refractivity contribution < 1.29 is 9.59 Å². The minimum Gasteiger partial charge on any atom is -0.372 e. The molecule has 2 N–H and O–H groups in total. The van der Waals surface area contributed by atoms with Crippen molar-refractivity contribution in [2.24, 2.45) is 10.2 Å². The van der Waals surface area contributed by atoms with Crippen molar-refractivity contribution in [2.75, 3.05) is 18.0 Å². The Morgan fingerprint density at radius 3 is 2.45 bits per heavy atom. The molecule has 0 spiro atoms. The van der Waals surface area contributed by atoms with Gasteiger partial charge in [-0.25, -0.2) is 9.78 Å². The number of azo groups is 1. The van der Waals surface area contributed by atoms with Crippen molar-refractivity contribution >= 4 is 66.7 Å². The average Bonchev–Trinajstić information content (AvgIpc) is 3.35. The second-order valence-electron chi connectivity index (χ2n) is 6.17. The van der Waals surface area contributed by atoms with Gasteiger partial charge in [0.25, 0.3) is 5.91 Å². The molecule has 4 rings (SSSR count). The first-order valence-corrected chi connectivity index (χ1v) is 10.7. The topological polar surface area (TPSA) is 99.1 Å². The number of imide groups is 1. The quantitative estimate of drug-likeness (QED) is 0.336. The number of anilines is 1. The molecule has 3 aromatic rings. The first kappa shape index (κ1) is 19.2. The summed E-state index contributed by atoms with van der Waals surface area (Å²) in [5, 5.41) is 13.7. The van der Waals surface area contributed by atoms with Gasteiger partial charge in [0, 0.05) is 23.7 Å². The number of hydrogen-bond acceptors (Lipinski definition) is 8. The van der Waals surface area contributed by atoms with Gasteiger partial charge in [-0.3, -0.25) is 10.1 Å². The fourth-order valence-corrected chi connectivity index (χ4v) is 4.88. The van der Waals surface area contributed by atoms with Crippen LogP contribution in [-0.4, -0.2) is 30.0 Å². The van der Waals surface area contributed by atoms with Gasteiger partial charge in [-0.1, -0.05) is 11.3 Å². The highest BCUT2D eigenvalue weighted by molar-refractivity contribution is 7.29. The zero-order chi connectivity index (χ0) is 20.4. The monoisotopic (exact) mass is 426 g/mol. The van der Waals surface area contributed by atoms with E-state index in [-0.39, 0.29) is 5.70 Å². The third-order valence-corrected chi connectivity index (χ3v) is 6.32. The molecule has 3 amide bonds. The molecule has 1 aliphatic heterocycles. The van der Waals surface area contributed by atoms with Crippen molar-refractivity contribution in [3.63, 3.8) is 0 Å². The first-order valence-electron chi connectivity index (χ1n) is 9.07. The molecule has 0 saturated carbocycles. The summed E-state index contributed by atoms with van der Waals surface area (Å²) in [5.41, 5.74) is 2.17. The van der Waals surface area contributed by atoms with E-state index >= 15 is 0 Å². The number of carbonyl (C=O) groups is 2. The van der Waals surface area contributed by atoms with E-state index in [2.05, 4.69) is 44.6 Å². The van der Waals surface area contributed by atoms with Crippen LogP contribution >= 0.6 is 22.7 Å². The molecule has 2 aromatic heterocycles. The van der Waals surface area contributed by atoms with E-state index in [0.717, 1.165) is 38.9 Å². The van der Waals surface area contributed by atoms with E-state index in [1.165, 1.54) is 22.7 Å². The van der Waals surface area contributed by atoms with Crippen LogP contribution in [0.3, 0.4) is 0 Å². The third kappa shape index (κ3) is 4.17. The summed E-state index contributed by atoms with van der Waals surface area (Å²) in [4.78, 5) is 31.2. The first-order chi connectivity index (χ1) is 14.1. The van der Waals surface area contributed by atoms with Gasteiger partial charge < -0.3 is 10.2 Å². The molecule has 0 atom stereocenters. The van der Waals surface area contributed by atoms with E-state index < -0.39 is 11.9 Å². The molecule has 0 radical (unpaired) electrons. The lowest BCUT2D eigenvalue weighted by molar-refractivity contribution is -0.115. The minimum absolute atomic E-state index is 0.233. The summed E-state index contributed by atoms with van der Waals surface area (Å²) in [6, 6.07) is 9.38. The van der Waals surface area contributed by atoms with Crippen LogP contribution in [0.15, 0.2) is 46.3 Å². The Balaban J connectivity index is 1.48. The van der Waals surface area contributed by atoms with E-state index in [1.807, 2.05) is 30.3 Å². The van der Waals surface area contributed by atoms with E-state index in [9.17, 15) is 9.59 Å². The maximum absolute atomic E-state index is 11.6. The summed E-state index contributed by atoms with van der Waals surface area (Å²) < 4.78 is 0.956.